The lowest BCUT2D eigenvalue weighted by molar-refractivity contribution is 0.442. The summed E-state index contributed by atoms with van der Waals surface area (Å²) in [7, 11) is 2.03. The first kappa shape index (κ1) is 13.8. The molecule has 1 atom stereocenters. The van der Waals surface area contributed by atoms with Crippen molar-refractivity contribution in [1.82, 2.24) is 14.9 Å². The zero-order valence-electron chi connectivity index (χ0n) is 12.0. The van der Waals surface area contributed by atoms with Gasteiger partial charge in [0, 0.05) is 37.4 Å². The summed E-state index contributed by atoms with van der Waals surface area (Å²) in [6.07, 6.45) is 9.19. The topological polar surface area (TPSA) is 29.9 Å². The minimum atomic E-state index is 0.430. The Morgan fingerprint density at radius 1 is 1.32 bits per heavy atom. The van der Waals surface area contributed by atoms with E-state index in [1.807, 2.05) is 25.5 Å². The molecule has 19 heavy (non-hydrogen) atoms. The molecule has 102 valence electrons. The zero-order valence-corrected chi connectivity index (χ0v) is 12.0. The van der Waals surface area contributed by atoms with E-state index in [0.29, 0.717) is 12.0 Å². The molecule has 0 radical (unpaired) electrons. The van der Waals surface area contributed by atoms with Crippen LogP contribution in [0.2, 0.25) is 0 Å². The van der Waals surface area contributed by atoms with E-state index in [1.165, 1.54) is 11.1 Å². The van der Waals surface area contributed by atoms with Gasteiger partial charge in [-0.3, -0.25) is 4.98 Å². The summed E-state index contributed by atoms with van der Waals surface area (Å²) in [5, 5.41) is 3.38. The fraction of sp³-hybridized carbons (Fsp3) is 0.438. The van der Waals surface area contributed by atoms with E-state index in [0.717, 1.165) is 13.0 Å². The third-order valence-electron chi connectivity index (χ3n) is 3.49. The molecule has 0 spiro atoms. The van der Waals surface area contributed by atoms with Crippen LogP contribution in [0.3, 0.4) is 0 Å². The average molecular weight is 257 g/mol. The van der Waals surface area contributed by atoms with Crippen LogP contribution >= 0.6 is 0 Å². The molecule has 3 heteroatoms. The Morgan fingerprint density at radius 2 is 2.16 bits per heavy atom. The number of pyridine rings is 1. The van der Waals surface area contributed by atoms with Crippen molar-refractivity contribution in [3.63, 3.8) is 0 Å². The quantitative estimate of drug-likeness (QED) is 0.862. The van der Waals surface area contributed by atoms with Crippen LogP contribution in [0.25, 0.3) is 0 Å². The predicted octanol–water partition coefficient (Wildman–Crippen LogP) is 3.04. The number of nitrogens with one attached hydrogen (secondary N) is 1. The molecule has 0 aliphatic heterocycles. The van der Waals surface area contributed by atoms with Crippen molar-refractivity contribution in [2.75, 3.05) is 7.05 Å². The summed E-state index contributed by atoms with van der Waals surface area (Å²) < 4.78 is 2.26. The van der Waals surface area contributed by atoms with Gasteiger partial charge in [0.25, 0.3) is 0 Å². The molecule has 1 unspecified atom stereocenters. The summed E-state index contributed by atoms with van der Waals surface area (Å²) in [5.74, 6) is 0.596. The minimum absolute atomic E-state index is 0.430. The predicted molar refractivity (Wildman–Crippen MR) is 79.0 cm³/mol. The fourth-order valence-electron chi connectivity index (χ4n) is 2.47. The standard InChI is InChI=1S/C16H23N3/c1-13(2)16(17-3)15-7-10-19(12-15)9-6-14-5-4-8-18-11-14/h4-5,7-8,10-13,16-17H,6,9H2,1-3H3. The van der Waals surface area contributed by atoms with E-state index in [2.05, 4.69) is 53.2 Å². The molecular weight excluding hydrogens is 234 g/mol. The number of aromatic nitrogens is 2. The van der Waals surface area contributed by atoms with Crippen LogP contribution in [0, 0.1) is 5.92 Å². The molecule has 0 saturated carbocycles. The second kappa shape index (κ2) is 6.53. The molecule has 0 fully saturated rings. The van der Waals surface area contributed by atoms with Gasteiger partial charge in [-0.05, 0) is 42.6 Å². The molecule has 0 aromatic carbocycles. The van der Waals surface area contributed by atoms with Gasteiger partial charge in [-0.25, -0.2) is 0 Å². The molecule has 0 aliphatic rings. The van der Waals surface area contributed by atoms with Crippen molar-refractivity contribution in [1.29, 1.82) is 0 Å². The fourth-order valence-corrected chi connectivity index (χ4v) is 2.47. The number of hydrogen-bond donors (Lipinski definition) is 1. The van der Waals surface area contributed by atoms with Gasteiger partial charge in [-0.1, -0.05) is 19.9 Å². The highest BCUT2D eigenvalue weighted by atomic mass is 15.0. The first-order valence-corrected chi connectivity index (χ1v) is 6.92. The van der Waals surface area contributed by atoms with Crippen molar-refractivity contribution in [2.24, 2.45) is 5.92 Å². The van der Waals surface area contributed by atoms with Gasteiger partial charge in [-0.15, -0.1) is 0 Å². The lowest BCUT2D eigenvalue weighted by atomic mass is 9.99. The van der Waals surface area contributed by atoms with E-state index >= 15 is 0 Å². The number of nitrogens with zero attached hydrogens (tertiary/aromatic N) is 2. The van der Waals surface area contributed by atoms with E-state index in [9.17, 15) is 0 Å². The van der Waals surface area contributed by atoms with Crippen LogP contribution in [-0.4, -0.2) is 16.6 Å². The molecule has 0 bridgehead atoms. The second-order valence-corrected chi connectivity index (χ2v) is 5.30. The number of aryl methyl sites for hydroxylation is 2. The van der Waals surface area contributed by atoms with Crippen LogP contribution in [0.5, 0.6) is 0 Å². The SMILES string of the molecule is CNC(c1ccn(CCc2cccnc2)c1)C(C)C. The molecule has 2 heterocycles. The summed E-state index contributed by atoms with van der Waals surface area (Å²) in [4.78, 5) is 4.15. The van der Waals surface area contributed by atoms with Crippen LogP contribution in [0.15, 0.2) is 43.0 Å². The zero-order chi connectivity index (χ0) is 13.7. The van der Waals surface area contributed by atoms with Crippen molar-refractivity contribution in [2.45, 2.75) is 32.9 Å². The molecular formula is C16H23N3. The van der Waals surface area contributed by atoms with Gasteiger partial charge in [0.15, 0.2) is 0 Å². The van der Waals surface area contributed by atoms with Gasteiger partial charge in [-0.2, -0.15) is 0 Å². The lowest BCUT2D eigenvalue weighted by Crippen LogP contribution is -2.21. The van der Waals surface area contributed by atoms with Gasteiger partial charge in [0.2, 0.25) is 0 Å². The van der Waals surface area contributed by atoms with Gasteiger partial charge < -0.3 is 9.88 Å². The summed E-state index contributed by atoms with van der Waals surface area (Å²) in [5.41, 5.74) is 2.65. The van der Waals surface area contributed by atoms with Crippen LogP contribution in [0.1, 0.15) is 31.0 Å². The Kier molecular flexibility index (Phi) is 4.74. The molecule has 0 aliphatic carbocycles. The third-order valence-corrected chi connectivity index (χ3v) is 3.49. The highest BCUT2D eigenvalue weighted by Crippen LogP contribution is 2.21. The van der Waals surface area contributed by atoms with Crippen LogP contribution < -0.4 is 5.32 Å². The van der Waals surface area contributed by atoms with E-state index in [-0.39, 0.29) is 0 Å². The first-order valence-electron chi connectivity index (χ1n) is 6.92. The van der Waals surface area contributed by atoms with Crippen LogP contribution in [0.4, 0.5) is 0 Å². The minimum Gasteiger partial charge on any atom is -0.354 e. The first-order chi connectivity index (χ1) is 9.20. The third kappa shape index (κ3) is 3.67. The van der Waals surface area contributed by atoms with Crippen molar-refractivity contribution >= 4 is 0 Å². The molecule has 2 rings (SSSR count). The molecule has 2 aromatic rings. The maximum atomic E-state index is 4.15. The van der Waals surface area contributed by atoms with Gasteiger partial charge in [0.1, 0.15) is 0 Å². The van der Waals surface area contributed by atoms with Crippen LogP contribution in [-0.2, 0) is 13.0 Å². The molecule has 0 saturated heterocycles. The average Bonchev–Trinajstić information content (AvgIpc) is 2.87. The van der Waals surface area contributed by atoms with E-state index in [4.69, 9.17) is 0 Å². The normalized spacial score (nSPS) is 12.8. The number of hydrogen-bond acceptors (Lipinski definition) is 2. The molecule has 3 nitrogen and oxygen atoms in total. The van der Waals surface area contributed by atoms with Crippen molar-refractivity contribution in [3.8, 4) is 0 Å². The monoisotopic (exact) mass is 257 g/mol. The second-order valence-electron chi connectivity index (χ2n) is 5.30. The Labute approximate surface area is 115 Å². The highest BCUT2D eigenvalue weighted by Gasteiger charge is 2.14. The Morgan fingerprint density at radius 3 is 2.79 bits per heavy atom. The summed E-state index contributed by atoms with van der Waals surface area (Å²) in [6.45, 7) is 5.49. The number of rotatable bonds is 6. The maximum absolute atomic E-state index is 4.15. The van der Waals surface area contributed by atoms with E-state index < -0.39 is 0 Å². The largest absolute Gasteiger partial charge is 0.354 e. The van der Waals surface area contributed by atoms with Gasteiger partial charge >= 0.3 is 0 Å². The Hall–Kier alpha value is -1.61. The Bertz CT molecular complexity index is 488. The van der Waals surface area contributed by atoms with Crippen molar-refractivity contribution < 1.29 is 0 Å². The smallest absolute Gasteiger partial charge is 0.0355 e. The Balaban J connectivity index is 1.97. The maximum Gasteiger partial charge on any atom is 0.0355 e. The summed E-state index contributed by atoms with van der Waals surface area (Å²) >= 11 is 0. The highest BCUT2D eigenvalue weighted by molar-refractivity contribution is 5.16. The molecule has 0 amide bonds. The summed E-state index contributed by atoms with van der Waals surface area (Å²) in [6, 6.07) is 6.76. The molecule has 2 aromatic heterocycles. The van der Waals surface area contributed by atoms with Gasteiger partial charge in [0.05, 0.1) is 0 Å². The van der Waals surface area contributed by atoms with E-state index in [1.54, 1.807) is 0 Å². The molecule has 1 N–H and O–H groups in total. The van der Waals surface area contributed by atoms with Crippen molar-refractivity contribution in [3.05, 3.63) is 54.1 Å². The lowest BCUT2D eigenvalue weighted by Gasteiger charge is -2.18.